The van der Waals surface area contributed by atoms with Gasteiger partial charge in [-0.05, 0) is 62.6 Å². The number of ether oxygens (including phenoxy) is 2. The Morgan fingerprint density at radius 2 is 1.87 bits per heavy atom. The van der Waals surface area contributed by atoms with Crippen LogP contribution in [-0.4, -0.2) is 50.9 Å². The average molecular weight is 528 g/mol. The predicted octanol–water partition coefficient (Wildman–Crippen LogP) is 5.50. The first-order valence-corrected chi connectivity index (χ1v) is 12.6. The van der Waals surface area contributed by atoms with Crippen LogP contribution in [0.4, 0.5) is 22.1 Å². The second kappa shape index (κ2) is 10.2. The van der Waals surface area contributed by atoms with Gasteiger partial charge in [-0.25, -0.2) is 19.7 Å². The topological polar surface area (TPSA) is 127 Å². The Balaban J connectivity index is 1.45. The second-order valence-electron chi connectivity index (χ2n) is 10.3. The van der Waals surface area contributed by atoms with Gasteiger partial charge in [-0.1, -0.05) is 24.3 Å². The summed E-state index contributed by atoms with van der Waals surface area (Å²) >= 11 is 0. The SMILES string of the molecule is Cc1c(-c2ccc3cnc(Nc4ccc(CC(=O)O)cc4)nc3c2)cnc2c1N(C(=O)OC(C)(C)C)CCO2. The van der Waals surface area contributed by atoms with Gasteiger partial charge in [0.15, 0.2) is 0 Å². The van der Waals surface area contributed by atoms with Crippen LogP contribution in [0.25, 0.3) is 22.0 Å². The highest BCUT2D eigenvalue weighted by molar-refractivity contribution is 5.94. The van der Waals surface area contributed by atoms with Gasteiger partial charge in [0.2, 0.25) is 11.8 Å². The summed E-state index contributed by atoms with van der Waals surface area (Å²) < 4.78 is 11.4. The average Bonchev–Trinajstić information content (AvgIpc) is 2.88. The number of amides is 1. The van der Waals surface area contributed by atoms with Crippen LogP contribution in [0.2, 0.25) is 0 Å². The van der Waals surface area contributed by atoms with Gasteiger partial charge >= 0.3 is 12.1 Å². The molecule has 2 aromatic carbocycles. The maximum Gasteiger partial charge on any atom is 0.415 e. The third-order valence-corrected chi connectivity index (χ3v) is 6.17. The zero-order chi connectivity index (χ0) is 27.7. The molecule has 10 nitrogen and oxygen atoms in total. The monoisotopic (exact) mass is 527 g/mol. The zero-order valence-electron chi connectivity index (χ0n) is 22.2. The maximum absolute atomic E-state index is 13.0. The van der Waals surface area contributed by atoms with Crippen molar-refractivity contribution in [1.29, 1.82) is 0 Å². The number of carbonyl (C=O) groups excluding carboxylic acids is 1. The number of anilines is 3. The zero-order valence-corrected chi connectivity index (χ0v) is 22.2. The lowest BCUT2D eigenvalue weighted by atomic mass is 9.99. The van der Waals surface area contributed by atoms with Gasteiger partial charge in [-0.3, -0.25) is 9.69 Å². The molecule has 1 amide bonds. The van der Waals surface area contributed by atoms with Crippen LogP contribution < -0.4 is 15.0 Å². The van der Waals surface area contributed by atoms with Crippen LogP contribution in [0.1, 0.15) is 31.9 Å². The van der Waals surface area contributed by atoms with Gasteiger partial charge in [-0.15, -0.1) is 0 Å². The van der Waals surface area contributed by atoms with Crippen LogP contribution >= 0.6 is 0 Å². The molecule has 0 aliphatic carbocycles. The number of aromatic nitrogens is 3. The molecule has 10 heteroatoms. The lowest BCUT2D eigenvalue weighted by Crippen LogP contribution is -2.42. The largest absolute Gasteiger partial charge is 0.481 e. The third kappa shape index (κ3) is 5.74. The summed E-state index contributed by atoms with van der Waals surface area (Å²) in [5, 5.41) is 13.0. The summed E-state index contributed by atoms with van der Waals surface area (Å²) in [7, 11) is 0. The number of fused-ring (bicyclic) bond motifs is 2. The second-order valence-corrected chi connectivity index (χ2v) is 10.3. The van der Waals surface area contributed by atoms with Crippen LogP contribution in [0, 0.1) is 6.92 Å². The van der Waals surface area contributed by atoms with Crippen molar-refractivity contribution in [2.45, 2.75) is 39.7 Å². The fourth-order valence-electron chi connectivity index (χ4n) is 4.39. The highest BCUT2D eigenvalue weighted by Gasteiger charge is 2.31. The molecule has 0 saturated heterocycles. The molecule has 1 aliphatic rings. The number of pyridine rings is 1. The first-order chi connectivity index (χ1) is 18.6. The summed E-state index contributed by atoms with van der Waals surface area (Å²) in [6.45, 7) is 8.15. The molecule has 0 bridgehead atoms. The molecule has 0 unspecified atom stereocenters. The molecule has 0 atom stereocenters. The van der Waals surface area contributed by atoms with Crippen LogP contribution in [0.3, 0.4) is 0 Å². The molecule has 0 fully saturated rings. The minimum atomic E-state index is -0.876. The maximum atomic E-state index is 13.0. The van der Waals surface area contributed by atoms with Gasteiger partial charge in [-0.2, -0.15) is 0 Å². The first kappa shape index (κ1) is 25.9. The number of nitrogens with zero attached hydrogens (tertiary/aromatic N) is 4. The summed E-state index contributed by atoms with van der Waals surface area (Å²) in [6.07, 6.45) is 3.01. The highest BCUT2D eigenvalue weighted by atomic mass is 16.6. The van der Waals surface area contributed by atoms with Gasteiger partial charge in [0.25, 0.3) is 0 Å². The molecule has 3 heterocycles. The molecular formula is C29H29N5O5. The van der Waals surface area contributed by atoms with Gasteiger partial charge in [0.05, 0.1) is 18.5 Å². The molecular weight excluding hydrogens is 498 g/mol. The minimum Gasteiger partial charge on any atom is -0.481 e. The van der Waals surface area contributed by atoms with Gasteiger partial charge in [0.1, 0.15) is 17.9 Å². The number of nitrogens with one attached hydrogen (secondary N) is 1. The molecule has 39 heavy (non-hydrogen) atoms. The molecule has 1 aliphatic heterocycles. The van der Waals surface area contributed by atoms with Crippen molar-refractivity contribution in [1.82, 2.24) is 15.0 Å². The van der Waals surface area contributed by atoms with E-state index in [4.69, 9.17) is 14.6 Å². The van der Waals surface area contributed by atoms with E-state index in [2.05, 4.69) is 20.3 Å². The molecule has 0 spiro atoms. The van der Waals surface area contributed by atoms with Crippen molar-refractivity contribution in [3.05, 3.63) is 66.0 Å². The smallest absolute Gasteiger partial charge is 0.415 e. The van der Waals surface area contributed by atoms with Gasteiger partial charge < -0.3 is 19.9 Å². The Labute approximate surface area is 225 Å². The van der Waals surface area contributed by atoms with E-state index in [1.165, 1.54) is 0 Å². The van der Waals surface area contributed by atoms with Crippen molar-refractivity contribution in [3.8, 4) is 17.0 Å². The van der Waals surface area contributed by atoms with E-state index in [9.17, 15) is 9.59 Å². The first-order valence-electron chi connectivity index (χ1n) is 12.6. The Morgan fingerprint density at radius 1 is 1.10 bits per heavy atom. The number of benzene rings is 2. The van der Waals surface area contributed by atoms with Crippen molar-refractivity contribution >= 4 is 40.3 Å². The molecule has 0 saturated carbocycles. The Hall–Kier alpha value is -4.73. The van der Waals surface area contributed by atoms with Crippen molar-refractivity contribution < 1.29 is 24.2 Å². The quantitative estimate of drug-likeness (QED) is 0.346. The van der Waals surface area contributed by atoms with Crippen LogP contribution in [0.5, 0.6) is 5.88 Å². The Kier molecular flexibility index (Phi) is 6.78. The summed E-state index contributed by atoms with van der Waals surface area (Å²) in [5.74, 6) is -0.0634. The van der Waals surface area contributed by atoms with E-state index in [0.717, 1.165) is 33.3 Å². The molecule has 5 rings (SSSR count). The van der Waals surface area contributed by atoms with Crippen molar-refractivity contribution in [2.75, 3.05) is 23.4 Å². The Bertz CT molecular complexity index is 1560. The van der Waals surface area contributed by atoms with Crippen molar-refractivity contribution in [3.63, 3.8) is 0 Å². The summed E-state index contributed by atoms with van der Waals surface area (Å²) in [4.78, 5) is 39.1. The number of carbonyl (C=O) groups is 2. The normalized spacial score (nSPS) is 13.0. The predicted molar refractivity (Wildman–Crippen MR) is 148 cm³/mol. The van der Waals surface area contributed by atoms with Crippen LogP contribution in [0.15, 0.2) is 54.9 Å². The number of rotatable bonds is 5. The third-order valence-electron chi connectivity index (χ3n) is 6.17. The fraction of sp³-hybridized carbons (Fsp3) is 0.276. The summed E-state index contributed by atoms with van der Waals surface area (Å²) in [5.41, 5.74) is 4.73. The highest BCUT2D eigenvalue weighted by Crippen LogP contribution is 2.39. The molecule has 2 aromatic heterocycles. The van der Waals surface area contributed by atoms with E-state index in [-0.39, 0.29) is 6.42 Å². The van der Waals surface area contributed by atoms with E-state index in [0.29, 0.717) is 36.2 Å². The van der Waals surface area contributed by atoms with E-state index in [1.54, 1.807) is 41.6 Å². The number of hydrogen-bond donors (Lipinski definition) is 2. The van der Waals surface area contributed by atoms with E-state index in [1.807, 2.05) is 45.9 Å². The van der Waals surface area contributed by atoms with Gasteiger partial charge in [0, 0.05) is 29.0 Å². The number of carboxylic acid groups (broad SMARTS) is 1. The molecule has 0 radical (unpaired) electrons. The van der Waals surface area contributed by atoms with E-state index >= 15 is 0 Å². The lowest BCUT2D eigenvalue weighted by Gasteiger charge is -2.32. The molecule has 4 aromatic rings. The Morgan fingerprint density at radius 3 is 2.59 bits per heavy atom. The van der Waals surface area contributed by atoms with E-state index < -0.39 is 17.7 Å². The fourth-order valence-corrected chi connectivity index (χ4v) is 4.39. The lowest BCUT2D eigenvalue weighted by molar-refractivity contribution is -0.136. The molecule has 200 valence electrons. The number of carboxylic acids is 1. The van der Waals surface area contributed by atoms with Crippen LogP contribution in [-0.2, 0) is 16.0 Å². The number of hydrogen-bond acceptors (Lipinski definition) is 8. The molecule has 2 N–H and O–H groups in total. The number of aliphatic carboxylic acids is 1. The standard InChI is InChI=1S/C29H29N5O5/c1-17-22(16-30-26-25(17)34(11-12-38-26)28(37)39-29(2,3)4)19-7-8-20-15-31-27(33-23(20)14-19)32-21-9-5-18(6-10-21)13-24(35)36/h5-10,14-16H,11-13H2,1-4H3,(H,35,36)(H,31,32,33). The van der Waals surface area contributed by atoms with Crippen molar-refractivity contribution in [2.24, 2.45) is 0 Å². The minimum absolute atomic E-state index is 0.0336. The summed E-state index contributed by atoms with van der Waals surface area (Å²) in [6, 6.07) is 13.0.